The number of nitrogens with one attached hydrogen (secondary N) is 2. The van der Waals surface area contributed by atoms with E-state index in [4.69, 9.17) is 4.42 Å². The molecule has 0 saturated heterocycles. The van der Waals surface area contributed by atoms with Crippen LogP contribution >= 0.6 is 15.9 Å². The highest BCUT2D eigenvalue weighted by atomic mass is 79.9. The Hall–Kier alpha value is -1.75. The van der Waals surface area contributed by atoms with Gasteiger partial charge in [0.15, 0.2) is 4.67 Å². The maximum absolute atomic E-state index is 11.6. The highest BCUT2D eigenvalue weighted by molar-refractivity contribution is 9.10. The van der Waals surface area contributed by atoms with Gasteiger partial charge < -0.3 is 9.73 Å². The van der Waals surface area contributed by atoms with Gasteiger partial charge in [0.2, 0.25) is 5.88 Å². The number of benzene rings is 1. The topological polar surface area (TPSA) is 54.3 Å². The van der Waals surface area contributed by atoms with Crippen molar-refractivity contribution in [2.45, 2.75) is 13.3 Å². The summed E-state index contributed by atoms with van der Waals surface area (Å²) in [6.45, 7) is 2.63. The van der Waals surface area contributed by atoms with E-state index in [1.165, 1.54) is 11.1 Å². The molecule has 2 rings (SSSR count). The molecule has 1 aromatic carbocycles. The fourth-order valence-electron chi connectivity index (χ4n) is 1.73. The van der Waals surface area contributed by atoms with Crippen molar-refractivity contribution in [3.05, 3.63) is 52.2 Å². The fourth-order valence-corrected chi connectivity index (χ4v) is 2.03. The van der Waals surface area contributed by atoms with E-state index in [0.29, 0.717) is 17.1 Å². The lowest BCUT2D eigenvalue weighted by atomic mass is 10.1. The Labute approximate surface area is 120 Å². The van der Waals surface area contributed by atoms with Crippen molar-refractivity contribution >= 4 is 27.8 Å². The molecule has 0 aliphatic heterocycles. The monoisotopic (exact) mass is 322 g/mol. The molecular weight excluding hydrogens is 308 g/mol. The van der Waals surface area contributed by atoms with Crippen LogP contribution in [-0.4, -0.2) is 12.6 Å². The fraction of sp³-hybridized carbons (Fsp3) is 0.214. The molecule has 2 N–H and O–H groups in total. The Bertz CT molecular complexity index is 566. The molecule has 2 aromatic rings. The van der Waals surface area contributed by atoms with Crippen LogP contribution in [0.15, 0.2) is 45.5 Å². The highest BCUT2D eigenvalue weighted by Crippen LogP contribution is 2.17. The number of rotatable bonds is 4. The Kier molecular flexibility index (Phi) is 4.63. The van der Waals surface area contributed by atoms with Crippen molar-refractivity contribution < 1.29 is 9.21 Å². The van der Waals surface area contributed by atoms with Crippen LogP contribution in [0.2, 0.25) is 0 Å². The predicted octanol–water partition coefficient (Wildman–Crippen LogP) is 3.71. The number of amides is 2. The van der Waals surface area contributed by atoms with Crippen LogP contribution in [0, 0.1) is 6.92 Å². The van der Waals surface area contributed by atoms with Gasteiger partial charge in [0.05, 0.1) is 0 Å². The summed E-state index contributed by atoms with van der Waals surface area (Å²) in [7, 11) is 0. The number of halogens is 1. The molecule has 0 saturated carbocycles. The second kappa shape index (κ2) is 6.43. The highest BCUT2D eigenvalue weighted by Gasteiger charge is 2.04. The molecule has 4 nitrogen and oxygen atoms in total. The van der Waals surface area contributed by atoms with Gasteiger partial charge in [-0.1, -0.05) is 29.8 Å². The van der Waals surface area contributed by atoms with Crippen molar-refractivity contribution in [3.8, 4) is 0 Å². The number of carbonyl (C=O) groups is 1. The van der Waals surface area contributed by atoms with Crippen LogP contribution in [0.1, 0.15) is 11.1 Å². The lowest BCUT2D eigenvalue weighted by Gasteiger charge is -2.06. The van der Waals surface area contributed by atoms with Crippen molar-refractivity contribution in [2.24, 2.45) is 0 Å². The summed E-state index contributed by atoms with van der Waals surface area (Å²) in [5.74, 6) is 0.417. The zero-order valence-electron chi connectivity index (χ0n) is 10.6. The first-order valence-corrected chi connectivity index (χ1v) is 6.78. The van der Waals surface area contributed by atoms with Gasteiger partial charge in [0.25, 0.3) is 0 Å². The summed E-state index contributed by atoms with van der Waals surface area (Å²) in [6, 6.07) is 11.4. The lowest BCUT2D eigenvalue weighted by Crippen LogP contribution is -2.30. The summed E-state index contributed by atoms with van der Waals surface area (Å²) >= 11 is 3.17. The van der Waals surface area contributed by atoms with Crippen LogP contribution in [0.4, 0.5) is 10.7 Å². The first-order valence-electron chi connectivity index (χ1n) is 5.99. The Morgan fingerprint density at radius 1 is 1.32 bits per heavy atom. The van der Waals surface area contributed by atoms with Gasteiger partial charge in [-0.25, -0.2) is 4.79 Å². The van der Waals surface area contributed by atoms with Crippen LogP contribution in [0.3, 0.4) is 0 Å². The van der Waals surface area contributed by atoms with Gasteiger partial charge in [-0.15, -0.1) is 0 Å². The van der Waals surface area contributed by atoms with E-state index in [1.807, 2.05) is 6.07 Å². The number of aryl methyl sites for hydroxylation is 1. The first kappa shape index (κ1) is 13.7. The molecule has 5 heteroatoms. The maximum atomic E-state index is 11.6. The van der Waals surface area contributed by atoms with E-state index in [1.54, 1.807) is 12.1 Å². The summed E-state index contributed by atoms with van der Waals surface area (Å²) in [6.07, 6.45) is 0.803. The number of hydrogen-bond acceptors (Lipinski definition) is 2. The van der Waals surface area contributed by atoms with Gasteiger partial charge in [0.1, 0.15) is 0 Å². The molecule has 0 bridgehead atoms. The molecule has 100 valence electrons. The quantitative estimate of drug-likeness (QED) is 0.901. The van der Waals surface area contributed by atoms with Crippen LogP contribution in [-0.2, 0) is 6.42 Å². The van der Waals surface area contributed by atoms with Gasteiger partial charge in [-0.2, -0.15) is 0 Å². The number of anilines is 1. The van der Waals surface area contributed by atoms with E-state index >= 15 is 0 Å². The third-order valence-corrected chi connectivity index (χ3v) is 3.02. The van der Waals surface area contributed by atoms with Crippen molar-refractivity contribution in [1.82, 2.24) is 5.32 Å². The molecule has 0 aliphatic carbocycles. The number of furan rings is 1. The summed E-state index contributed by atoms with van der Waals surface area (Å²) < 4.78 is 5.76. The van der Waals surface area contributed by atoms with E-state index < -0.39 is 0 Å². The number of hydrogen-bond donors (Lipinski definition) is 2. The average molecular weight is 323 g/mol. The summed E-state index contributed by atoms with van der Waals surface area (Å²) in [5, 5.41) is 5.40. The van der Waals surface area contributed by atoms with E-state index in [-0.39, 0.29) is 6.03 Å². The Morgan fingerprint density at radius 2 is 2.16 bits per heavy atom. The minimum absolute atomic E-state index is 0.269. The average Bonchev–Trinajstić information content (AvgIpc) is 2.75. The SMILES string of the molecule is Cc1cccc(CCNC(=O)Nc2ccc(Br)o2)c1. The molecule has 0 aliphatic rings. The normalized spacial score (nSPS) is 10.2. The summed E-state index contributed by atoms with van der Waals surface area (Å²) in [5.41, 5.74) is 2.43. The molecule has 0 spiro atoms. The minimum atomic E-state index is -0.269. The van der Waals surface area contributed by atoms with Crippen molar-refractivity contribution in [3.63, 3.8) is 0 Å². The largest absolute Gasteiger partial charge is 0.434 e. The predicted molar refractivity (Wildman–Crippen MR) is 78.3 cm³/mol. The lowest BCUT2D eigenvalue weighted by molar-refractivity contribution is 0.251. The number of carbonyl (C=O) groups excluding carboxylic acids is 1. The molecule has 0 fully saturated rings. The Morgan fingerprint density at radius 3 is 2.84 bits per heavy atom. The van der Waals surface area contributed by atoms with E-state index in [0.717, 1.165) is 6.42 Å². The molecule has 19 heavy (non-hydrogen) atoms. The van der Waals surface area contributed by atoms with Gasteiger partial charge in [-0.05, 0) is 40.9 Å². The van der Waals surface area contributed by atoms with Crippen molar-refractivity contribution in [1.29, 1.82) is 0 Å². The molecule has 2 amide bonds. The molecule has 1 heterocycles. The first-order chi connectivity index (χ1) is 9.13. The second-order valence-electron chi connectivity index (χ2n) is 4.22. The van der Waals surface area contributed by atoms with Gasteiger partial charge >= 0.3 is 6.03 Å². The van der Waals surface area contributed by atoms with Gasteiger partial charge in [-0.3, -0.25) is 5.32 Å². The van der Waals surface area contributed by atoms with E-state index in [9.17, 15) is 4.79 Å². The Balaban J connectivity index is 1.75. The van der Waals surface area contributed by atoms with Crippen LogP contribution in [0.5, 0.6) is 0 Å². The van der Waals surface area contributed by atoms with Gasteiger partial charge in [0, 0.05) is 12.6 Å². The molecule has 0 unspecified atom stereocenters. The van der Waals surface area contributed by atoms with E-state index in [2.05, 4.69) is 51.7 Å². The number of urea groups is 1. The standard InChI is InChI=1S/C14H15BrN2O2/c1-10-3-2-4-11(9-10)7-8-16-14(18)17-13-6-5-12(15)19-13/h2-6,9H,7-8H2,1H3,(H2,16,17,18). The smallest absolute Gasteiger partial charge is 0.321 e. The zero-order valence-corrected chi connectivity index (χ0v) is 12.2. The molecule has 1 aromatic heterocycles. The van der Waals surface area contributed by atoms with Crippen molar-refractivity contribution in [2.75, 3.05) is 11.9 Å². The maximum Gasteiger partial charge on any atom is 0.321 e. The second-order valence-corrected chi connectivity index (χ2v) is 5.01. The molecule has 0 atom stereocenters. The molecular formula is C14H15BrN2O2. The third kappa shape index (κ3) is 4.44. The zero-order chi connectivity index (χ0) is 13.7. The third-order valence-electron chi connectivity index (χ3n) is 2.59. The van der Waals surface area contributed by atoms with Crippen LogP contribution < -0.4 is 10.6 Å². The van der Waals surface area contributed by atoms with Crippen LogP contribution in [0.25, 0.3) is 0 Å². The minimum Gasteiger partial charge on any atom is -0.434 e. The molecule has 0 radical (unpaired) electrons. The summed E-state index contributed by atoms with van der Waals surface area (Å²) in [4.78, 5) is 11.6.